The van der Waals surface area contributed by atoms with E-state index in [2.05, 4.69) is 20.3 Å². The zero-order valence-corrected chi connectivity index (χ0v) is 14.3. The van der Waals surface area contributed by atoms with E-state index in [1.54, 1.807) is 0 Å². The molecule has 1 heterocycles. The summed E-state index contributed by atoms with van der Waals surface area (Å²) in [7, 11) is 0. The minimum Gasteiger partial charge on any atom is -0.368 e. The molecule has 3 N–H and O–H groups in total. The summed E-state index contributed by atoms with van der Waals surface area (Å²) in [5, 5.41) is 2.49. The van der Waals surface area contributed by atoms with Crippen molar-refractivity contribution in [3.8, 4) is 0 Å². The van der Waals surface area contributed by atoms with E-state index in [1.807, 2.05) is 20.8 Å². The molecule has 0 spiro atoms. The van der Waals surface area contributed by atoms with Crippen molar-refractivity contribution < 1.29 is 14.4 Å². The van der Waals surface area contributed by atoms with Crippen molar-refractivity contribution in [2.24, 2.45) is 0 Å². The number of amides is 3. The van der Waals surface area contributed by atoms with Gasteiger partial charge in [-0.15, -0.1) is 0 Å². The molecular weight excluding hydrogens is 312 g/mol. The maximum absolute atomic E-state index is 12.3. The van der Waals surface area contributed by atoms with Crippen molar-refractivity contribution in [3.63, 3.8) is 0 Å². The number of carbonyl (C=O) groups excluding carboxylic acids is 3. The van der Waals surface area contributed by atoms with Gasteiger partial charge in [0, 0.05) is 19.3 Å². The molecule has 9 nitrogen and oxygen atoms in total. The molecule has 0 atom stereocenters. The first-order valence-electron chi connectivity index (χ1n) is 8.10. The molecule has 24 heavy (non-hydrogen) atoms. The second kappa shape index (κ2) is 9.53. The van der Waals surface area contributed by atoms with Gasteiger partial charge >= 0.3 is 0 Å². The van der Waals surface area contributed by atoms with E-state index >= 15 is 0 Å². The molecule has 3 amide bonds. The minimum atomic E-state index is -0.410. The van der Waals surface area contributed by atoms with Crippen molar-refractivity contribution in [2.45, 2.75) is 59.3 Å². The first-order valence-corrected chi connectivity index (χ1v) is 8.10. The first kappa shape index (κ1) is 19.5. The highest BCUT2D eigenvalue weighted by molar-refractivity contribution is 6.13. The molecule has 0 aromatic carbocycles. The molecular formula is C15H24N6O3. The van der Waals surface area contributed by atoms with E-state index in [0.717, 1.165) is 4.90 Å². The zero-order valence-electron chi connectivity index (χ0n) is 14.3. The third-order valence-electron chi connectivity index (χ3n) is 3.00. The van der Waals surface area contributed by atoms with E-state index in [1.165, 1.54) is 0 Å². The van der Waals surface area contributed by atoms with E-state index < -0.39 is 11.8 Å². The van der Waals surface area contributed by atoms with Crippen LogP contribution in [0, 0.1) is 0 Å². The van der Waals surface area contributed by atoms with E-state index in [0.29, 0.717) is 25.7 Å². The van der Waals surface area contributed by atoms with Crippen molar-refractivity contribution in [1.82, 2.24) is 15.0 Å². The van der Waals surface area contributed by atoms with Gasteiger partial charge in [0.05, 0.1) is 0 Å². The molecule has 0 radical (unpaired) electrons. The van der Waals surface area contributed by atoms with Crippen LogP contribution in [-0.2, 0) is 14.4 Å². The molecule has 0 aliphatic carbocycles. The third-order valence-corrected chi connectivity index (χ3v) is 3.00. The molecule has 1 rings (SSSR count). The number of imide groups is 1. The SMILES string of the molecule is CCCC(=O)Nc1nc(N)nc(N(C(=O)CCC)C(=O)CCC)n1. The second-order valence-corrected chi connectivity index (χ2v) is 5.24. The van der Waals surface area contributed by atoms with Crippen LogP contribution in [0.15, 0.2) is 0 Å². The molecule has 132 valence electrons. The highest BCUT2D eigenvalue weighted by atomic mass is 16.2. The fourth-order valence-corrected chi connectivity index (χ4v) is 1.96. The summed E-state index contributed by atoms with van der Waals surface area (Å²) in [6.07, 6.45) is 2.48. The average molecular weight is 336 g/mol. The Bertz CT molecular complexity index is 587. The molecule has 9 heteroatoms. The van der Waals surface area contributed by atoms with Crippen molar-refractivity contribution in [3.05, 3.63) is 0 Å². The monoisotopic (exact) mass is 336 g/mol. The van der Waals surface area contributed by atoms with Gasteiger partial charge in [0.1, 0.15) is 0 Å². The van der Waals surface area contributed by atoms with Crippen LogP contribution in [0.5, 0.6) is 0 Å². The Balaban J connectivity index is 3.17. The van der Waals surface area contributed by atoms with Crippen molar-refractivity contribution >= 4 is 35.6 Å². The average Bonchev–Trinajstić information content (AvgIpc) is 2.47. The van der Waals surface area contributed by atoms with Crippen LogP contribution in [0.2, 0.25) is 0 Å². The van der Waals surface area contributed by atoms with Gasteiger partial charge in [-0.05, 0) is 19.3 Å². The van der Waals surface area contributed by atoms with E-state index in [4.69, 9.17) is 5.73 Å². The van der Waals surface area contributed by atoms with Gasteiger partial charge in [-0.2, -0.15) is 15.0 Å². The summed E-state index contributed by atoms with van der Waals surface area (Å²) in [6.45, 7) is 5.53. The third kappa shape index (κ3) is 5.56. The number of carbonyl (C=O) groups is 3. The molecule has 0 saturated carbocycles. The quantitative estimate of drug-likeness (QED) is 0.737. The molecule has 0 fully saturated rings. The fourth-order valence-electron chi connectivity index (χ4n) is 1.96. The number of anilines is 3. The molecule has 0 unspecified atom stereocenters. The largest absolute Gasteiger partial charge is 0.368 e. The standard InChI is InChI=1S/C15H24N6O3/c1-4-7-10(22)17-14-18-13(16)19-15(20-14)21(11(23)8-5-2)12(24)9-6-3/h4-9H2,1-3H3,(H3,16,17,18,19,20,22). The highest BCUT2D eigenvalue weighted by Gasteiger charge is 2.26. The number of hydrogen-bond acceptors (Lipinski definition) is 7. The fraction of sp³-hybridized carbons (Fsp3) is 0.600. The van der Waals surface area contributed by atoms with Gasteiger partial charge < -0.3 is 5.73 Å². The van der Waals surface area contributed by atoms with Crippen molar-refractivity contribution in [1.29, 1.82) is 0 Å². The summed E-state index contributed by atoms with van der Waals surface area (Å²) < 4.78 is 0. The number of nitrogen functional groups attached to an aromatic ring is 1. The van der Waals surface area contributed by atoms with Gasteiger partial charge in [0.2, 0.25) is 35.6 Å². The van der Waals surface area contributed by atoms with Crippen LogP contribution in [0.3, 0.4) is 0 Å². The first-order chi connectivity index (χ1) is 11.4. The van der Waals surface area contributed by atoms with Crippen LogP contribution in [-0.4, -0.2) is 32.7 Å². The van der Waals surface area contributed by atoms with Crippen LogP contribution < -0.4 is 16.0 Å². The van der Waals surface area contributed by atoms with Crippen LogP contribution in [0.25, 0.3) is 0 Å². The number of aromatic nitrogens is 3. The predicted octanol–water partition coefficient (Wildman–Crippen LogP) is 1.65. The Morgan fingerprint density at radius 1 is 0.917 bits per heavy atom. The molecule has 1 aromatic heterocycles. The lowest BCUT2D eigenvalue weighted by atomic mass is 10.2. The van der Waals surface area contributed by atoms with Gasteiger partial charge in [-0.3, -0.25) is 19.7 Å². The number of rotatable bonds is 8. The summed E-state index contributed by atoms with van der Waals surface area (Å²) in [5.74, 6) is -1.51. The van der Waals surface area contributed by atoms with E-state index in [9.17, 15) is 14.4 Å². The lowest BCUT2D eigenvalue weighted by molar-refractivity contribution is -0.126. The number of nitrogens with zero attached hydrogens (tertiary/aromatic N) is 4. The van der Waals surface area contributed by atoms with Crippen LogP contribution >= 0.6 is 0 Å². The molecule has 0 aliphatic heterocycles. The lowest BCUT2D eigenvalue weighted by Gasteiger charge is -2.19. The van der Waals surface area contributed by atoms with Gasteiger partial charge in [0.25, 0.3) is 0 Å². The predicted molar refractivity (Wildman–Crippen MR) is 90.1 cm³/mol. The Labute approximate surface area is 141 Å². The summed E-state index contributed by atoms with van der Waals surface area (Å²) in [4.78, 5) is 48.9. The van der Waals surface area contributed by atoms with E-state index in [-0.39, 0.29) is 36.6 Å². The summed E-state index contributed by atoms with van der Waals surface area (Å²) in [5.41, 5.74) is 5.63. The Kier molecular flexibility index (Phi) is 7.73. The Morgan fingerprint density at radius 2 is 1.46 bits per heavy atom. The maximum atomic E-state index is 12.3. The van der Waals surface area contributed by atoms with Crippen LogP contribution in [0.4, 0.5) is 17.8 Å². The van der Waals surface area contributed by atoms with Gasteiger partial charge in [-0.1, -0.05) is 20.8 Å². The van der Waals surface area contributed by atoms with Crippen LogP contribution in [0.1, 0.15) is 59.3 Å². The molecule has 1 aromatic rings. The normalized spacial score (nSPS) is 10.3. The maximum Gasteiger partial charge on any atom is 0.245 e. The zero-order chi connectivity index (χ0) is 18.1. The Hall–Kier alpha value is -2.58. The second-order valence-electron chi connectivity index (χ2n) is 5.24. The van der Waals surface area contributed by atoms with Gasteiger partial charge in [-0.25, -0.2) is 4.90 Å². The smallest absolute Gasteiger partial charge is 0.245 e. The van der Waals surface area contributed by atoms with Gasteiger partial charge in [0.15, 0.2) is 0 Å². The molecule has 0 bridgehead atoms. The number of nitrogens with two attached hydrogens (primary N) is 1. The summed E-state index contributed by atoms with van der Waals surface area (Å²) >= 11 is 0. The number of hydrogen-bond donors (Lipinski definition) is 2. The Morgan fingerprint density at radius 3 is 1.96 bits per heavy atom. The highest BCUT2D eigenvalue weighted by Crippen LogP contribution is 2.16. The topological polar surface area (TPSA) is 131 Å². The minimum absolute atomic E-state index is 0.0745. The summed E-state index contributed by atoms with van der Waals surface area (Å²) in [6, 6.07) is 0. The number of nitrogens with one attached hydrogen (secondary N) is 1. The lowest BCUT2D eigenvalue weighted by Crippen LogP contribution is -2.38. The molecule has 0 aliphatic rings. The van der Waals surface area contributed by atoms with Crippen molar-refractivity contribution in [2.75, 3.05) is 16.0 Å². The molecule has 0 saturated heterocycles.